The molecule has 0 aliphatic carbocycles. The number of aromatic nitrogens is 2. The summed E-state index contributed by atoms with van der Waals surface area (Å²) < 4.78 is 5.16. The van der Waals surface area contributed by atoms with Crippen LogP contribution in [0, 0.1) is 0 Å². The monoisotopic (exact) mass is 282 g/mol. The van der Waals surface area contributed by atoms with E-state index in [1.807, 2.05) is 54.6 Å². The number of ether oxygens (including phenoxy) is 1. The van der Waals surface area contributed by atoms with E-state index in [0.717, 1.165) is 21.6 Å². The zero-order valence-electron chi connectivity index (χ0n) is 11.2. The van der Waals surface area contributed by atoms with Crippen molar-refractivity contribution < 1.29 is 9.53 Å². The Kier molecular flexibility index (Phi) is 3.53. The van der Waals surface area contributed by atoms with E-state index < -0.39 is 6.09 Å². The molecule has 3 aromatic rings. The molecular weight excluding hydrogens is 268 g/mol. The molecule has 106 valence electrons. The Morgan fingerprint density at radius 1 is 1.14 bits per heavy atom. The van der Waals surface area contributed by atoms with Crippen LogP contribution < -0.4 is 11.0 Å². The lowest BCUT2D eigenvalue weighted by atomic mass is 10.2. The molecule has 3 rings (SSSR count). The average molecular weight is 282 g/mol. The maximum absolute atomic E-state index is 12.0. The number of nitrogens with two attached hydrogens (primary N) is 1. The number of carbonyl (C=O) groups excluding carboxylic acids is 1. The number of rotatable bonds is 3. The Hall–Kier alpha value is -2.86. The summed E-state index contributed by atoms with van der Waals surface area (Å²) in [5, 5.41) is 5.83. The third-order valence-electron chi connectivity index (χ3n) is 3.05. The van der Waals surface area contributed by atoms with Gasteiger partial charge in [0, 0.05) is 5.39 Å². The van der Waals surface area contributed by atoms with Crippen molar-refractivity contribution in [3.05, 3.63) is 66.4 Å². The van der Waals surface area contributed by atoms with Crippen LogP contribution in [0.2, 0.25) is 0 Å². The first-order chi connectivity index (χ1) is 10.3. The van der Waals surface area contributed by atoms with Gasteiger partial charge in [-0.15, -0.1) is 5.12 Å². The molecule has 6 heteroatoms. The lowest BCUT2D eigenvalue weighted by Crippen LogP contribution is -2.47. The summed E-state index contributed by atoms with van der Waals surface area (Å²) in [6.45, 7) is 0.159. The van der Waals surface area contributed by atoms with Gasteiger partial charge >= 0.3 is 6.09 Å². The molecule has 0 radical (unpaired) electrons. The van der Waals surface area contributed by atoms with E-state index in [4.69, 9.17) is 10.6 Å². The molecule has 0 aliphatic heterocycles. The predicted octanol–water partition coefficient (Wildman–Crippen LogP) is 2.18. The summed E-state index contributed by atoms with van der Waals surface area (Å²) in [5.74, 6) is 5.77. The van der Waals surface area contributed by atoms with Crippen molar-refractivity contribution in [3.63, 3.8) is 0 Å². The smallest absolute Gasteiger partial charge is 0.442 e. The van der Waals surface area contributed by atoms with Crippen LogP contribution in [0.1, 0.15) is 5.56 Å². The van der Waals surface area contributed by atoms with Crippen LogP contribution in [0.3, 0.4) is 0 Å². The van der Waals surface area contributed by atoms with Crippen LogP contribution in [0.25, 0.3) is 10.9 Å². The maximum Gasteiger partial charge on any atom is 0.445 e. The fraction of sp³-hybridized carbons (Fsp3) is 0.0667. The Labute approximate surface area is 121 Å². The van der Waals surface area contributed by atoms with Gasteiger partial charge in [0.1, 0.15) is 6.61 Å². The van der Waals surface area contributed by atoms with Gasteiger partial charge in [-0.05, 0) is 11.6 Å². The van der Waals surface area contributed by atoms with Gasteiger partial charge in [-0.2, -0.15) is 9.89 Å². The van der Waals surface area contributed by atoms with Gasteiger partial charge in [0.25, 0.3) is 0 Å². The third kappa shape index (κ3) is 2.70. The molecule has 1 heterocycles. The SMILES string of the molecule is NN(C(=O)OCc1ccccc1)n1ncc2ccccc21. The number of fused-ring (bicyclic) bond motifs is 1. The van der Waals surface area contributed by atoms with Gasteiger partial charge in [0.05, 0.1) is 11.7 Å². The fourth-order valence-electron chi connectivity index (χ4n) is 1.99. The Morgan fingerprint density at radius 2 is 1.86 bits per heavy atom. The van der Waals surface area contributed by atoms with Crippen LogP contribution in [-0.4, -0.2) is 16.0 Å². The molecule has 2 aromatic carbocycles. The Bertz CT molecular complexity index is 754. The van der Waals surface area contributed by atoms with Crippen LogP contribution in [-0.2, 0) is 11.3 Å². The van der Waals surface area contributed by atoms with Crippen molar-refractivity contribution in [2.75, 3.05) is 5.12 Å². The summed E-state index contributed by atoms with van der Waals surface area (Å²) in [6, 6.07) is 16.9. The van der Waals surface area contributed by atoms with Crippen molar-refractivity contribution >= 4 is 17.0 Å². The highest BCUT2D eigenvalue weighted by molar-refractivity contribution is 5.83. The number of amides is 1. The average Bonchev–Trinajstić information content (AvgIpc) is 2.97. The lowest BCUT2D eigenvalue weighted by molar-refractivity contribution is 0.139. The van der Waals surface area contributed by atoms with Crippen molar-refractivity contribution in [1.82, 2.24) is 9.89 Å². The number of hydrogen-bond donors (Lipinski definition) is 1. The lowest BCUT2D eigenvalue weighted by Gasteiger charge is -2.16. The van der Waals surface area contributed by atoms with Gasteiger partial charge in [0.15, 0.2) is 0 Å². The largest absolute Gasteiger partial charge is 0.445 e. The highest BCUT2D eigenvalue weighted by Crippen LogP contribution is 2.12. The highest BCUT2D eigenvalue weighted by Gasteiger charge is 2.16. The standard InChI is InChI=1S/C15H14N4O2/c16-18(15(20)21-11-12-6-2-1-3-7-12)19-14-9-5-4-8-13(14)10-17-19/h1-10H,11,16H2. The fourth-order valence-corrected chi connectivity index (χ4v) is 1.99. The molecule has 0 bridgehead atoms. The minimum atomic E-state index is -0.673. The van der Waals surface area contributed by atoms with Crippen molar-refractivity contribution in [2.24, 2.45) is 5.84 Å². The van der Waals surface area contributed by atoms with Gasteiger partial charge in [-0.1, -0.05) is 48.5 Å². The predicted molar refractivity (Wildman–Crippen MR) is 78.8 cm³/mol. The molecule has 0 saturated carbocycles. The summed E-state index contributed by atoms with van der Waals surface area (Å²) in [7, 11) is 0. The van der Waals surface area contributed by atoms with Crippen LogP contribution >= 0.6 is 0 Å². The third-order valence-corrected chi connectivity index (χ3v) is 3.05. The van der Waals surface area contributed by atoms with E-state index in [1.165, 1.54) is 4.79 Å². The normalized spacial score (nSPS) is 10.5. The quantitative estimate of drug-likeness (QED) is 0.454. The summed E-state index contributed by atoms with van der Waals surface area (Å²) in [4.78, 5) is 13.3. The number of carbonyl (C=O) groups is 1. The first-order valence-corrected chi connectivity index (χ1v) is 6.44. The van der Waals surface area contributed by atoms with Crippen molar-refractivity contribution in [1.29, 1.82) is 0 Å². The molecule has 0 fully saturated rings. The first kappa shape index (κ1) is 13.1. The second kappa shape index (κ2) is 5.64. The van der Waals surface area contributed by atoms with Gasteiger partial charge in [-0.3, -0.25) is 0 Å². The second-order valence-corrected chi connectivity index (χ2v) is 4.48. The Morgan fingerprint density at radius 3 is 2.67 bits per heavy atom. The Balaban J connectivity index is 1.72. The molecule has 0 aliphatic rings. The number of hydrogen-bond acceptors (Lipinski definition) is 4. The molecule has 0 atom stereocenters. The minimum Gasteiger partial charge on any atom is -0.442 e. The number of para-hydroxylation sites is 1. The number of benzene rings is 2. The maximum atomic E-state index is 12.0. The van der Waals surface area contributed by atoms with E-state index in [2.05, 4.69) is 5.10 Å². The minimum absolute atomic E-state index is 0.159. The molecular formula is C15H14N4O2. The van der Waals surface area contributed by atoms with E-state index in [0.29, 0.717) is 0 Å². The second-order valence-electron chi connectivity index (χ2n) is 4.48. The topological polar surface area (TPSA) is 73.4 Å². The van der Waals surface area contributed by atoms with E-state index in [-0.39, 0.29) is 6.61 Å². The van der Waals surface area contributed by atoms with Crippen LogP contribution in [0.15, 0.2) is 60.8 Å². The van der Waals surface area contributed by atoms with Gasteiger partial charge < -0.3 is 4.74 Å². The van der Waals surface area contributed by atoms with Crippen molar-refractivity contribution in [2.45, 2.75) is 6.61 Å². The summed E-state index contributed by atoms with van der Waals surface area (Å²) in [6.07, 6.45) is 0.965. The zero-order valence-corrected chi connectivity index (χ0v) is 11.2. The molecule has 21 heavy (non-hydrogen) atoms. The van der Waals surface area contributed by atoms with Crippen LogP contribution in [0.5, 0.6) is 0 Å². The molecule has 1 aromatic heterocycles. The highest BCUT2D eigenvalue weighted by atomic mass is 16.6. The molecule has 0 saturated heterocycles. The molecule has 0 spiro atoms. The van der Waals surface area contributed by atoms with E-state index in [9.17, 15) is 4.79 Å². The zero-order chi connectivity index (χ0) is 14.7. The number of nitrogens with zero attached hydrogens (tertiary/aromatic N) is 3. The summed E-state index contributed by atoms with van der Waals surface area (Å²) >= 11 is 0. The first-order valence-electron chi connectivity index (χ1n) is 6.44. The molecule has 6 nitrogen and oxygen atoms in total. The van der Waals surface area contributed by atoms with E-state index >= 15 is 0 Å². The molecule has 2 N–H and O–H groups in total. The van der Waals surface area contributed by atoms with Gasteiger partial charge in [0.2, 0.25) is 0 Å². The van der Waals surface area contributed by atoms with Gasteiger partial charge in [-0.25, -0.2) is 10.6 Å². The molecule has 1 amide bonds. The van der Waals surface area contributed by atoms with Crippen LogP contribution in [0.4, 0.5) is 4.79 Å². The molecule has 0 unspecified atom stereocenters. The number of hydrazine groups is 1. The van der Waals surface area contributed by atoms with Crippen molar-refractivity contribution in [3.8, 4) is 0 Å². The van der Waals surface area contributed by atoms with E-state index in [1.54, 1.807) is 6.20 Å². The summed E-state index contributed by atoms with van der Waals surface area (Å²) in [5.41, 5.74) is 1.63.